The third kappa shape index (κ3) is 3.00. The summed E-state index contributed by atoms with van der Waals surface area (Å²) in [6.45, 7) is 4.41. The van der Waals surface area contributed by atoms with Crippen LogP contribution >= 0.6 is 27.3 Å². The van der Waals surface area contributed by atoms with Gasteiger partial charge in [-0.15, -0.1) is 11.3 Å². The topological polar surface area (TPSA) is 63.4 Å². The van der Waals surface area contributed by atoms with Crippen molar-refractivity contribution in [1.29, 1.82) is 0 Å². The van der Waals surface area contributed by atoms with Crippen molar-refractivity contribution in [3.63, 3.8) is 0 Å². The number of amides is 2. The first-order valence-corrected chi connectivity index (χ1v) is 7.87. The maximum Gasteiger partial charge on any atom is 0.264 e. The highest BCUT2D eigenvalue weighted by Gasteiger charge is 2.32. The zero-order valence-corrected chi connectivity index (χ0v) is 13.4. The van der Waals surface area contributed by atoms with Crippen LogP contribution in [0.4, 0.5) is 0 Å². The first-order valence-electron chi connectivity index (χ1n) is 6.26. The third-order valence-electron chi connectivity index (χ3n) is 3.61. The van der Waals surface area contributed by atoms with E-state index in [1.807, 2.05) is 19.9 Å². The minimum absolute atomic E-state index is 0.00255. The lowest BCUT2D eigenvalue weighted by molar-refractivity contribution is -0.123. The van der Waals surface area contributed by atoms with Crippen molar-refractivity contribution >= 4 is 39.1 Å². The zero-order chi connectivity index (χ0) is 14.2. The molecule has 2 heterocycles. The summed E-state index contributed by atoms with van der Waals surface area (Å²) in [5, 5.41) is 0. The van der Waals surface area contributed by atoms with E-state index in [0.717, 1.165) is 22.2 Å². The normalized spacial score (nSPS) is 23.4. The number of nitrogens with zero attached hydrogens (tertiary/aromatic N) is 1. The van der Waals surface area contributed by atoms with Crippen LogP contribution in [0.3, 0.4) is 0 Å². The number of rotatable bonds is 2. The second-order valence-corrected chi connectivity index (χ2v) is 7.42. The Morgan fingerprint density at radius 2 is 2.16 bits per heavy atom. The van der Waals surface area contributed by atoms with Crippen molar-refractivity contribution in [3.8, 4) is 0 Å². The molecule has 0 aliphatic carbocycles. The molecule has 0 bridgehead atoms. The molecule has 104 valence electrons. The van der Waals surface area contributed by atoms with E-state index >= 15 is 0 Å². The SMILES string of the molecule is Cc1cc(C(=O)N2CC(C(N)=O)CCC2C)sc1Br. The van der Waals surface area contributed by atoms with Gasteiger partial charge in [0.05, 0.1) is 14.6 Å². The molecule has 2 N–H and O–H groups in total. The van der Waals surface area contributed by atoms with E-state index in [2.05, 4.69) is 15.9 Å². The first kappa shape index (κ1) is 14.5. The van der Waals surface area contributed by atoms with Crippen LogP contribution in [0.15, 0.2) is 9.85 Å². The molecular formula is C13H17BrN2O2S. The predicted octanol–water partition coefficient (Wildman–Crippen LogP) is 2.55. The molecule has 2 atom stereocenters. The zero-order valence-electron chi connectivity index (χ0n) is 11.0. The minimum atomic E-state index is -0.312. The monoisotopic (exact) mass is 344 g/mol. The molecule has 1 aromatic heterocycles. The Hall–Kier alpha value is -0.880. The van der Waals surface area contributed by atoms with Gasteiger partial charge in [0, 0.05) is 12.6 Å². The largest absolute Gasteiger partial charge is 0.369 e. The van der Waals surface area contributed by atoms with Crippen LogP contribution in [0.2, 0.25) is 0 Å². The summed E-state index contributed by atoms with van der Waals surface area (Å²) in [4.78, 5) is 26.3. The van der Waals surface area contributed by atoms with Crippen LogP contribution in [0.5, 0.6) is 0 Å². The molecule has 4 nitrogen and oxygen atoms in total. The van der Waals surface area contributed by atoms with Crippen molar-refractivity contribution in [2.75, 3.05) is 6.54 Å². The van der Waals surface area contributed by atoms with Crippen LogP contribution in [-0.2, 0) is 4.79 Å². The molecular weight excluding hydrogens is 328 g/mol. The highest BCUT2D eigenvalue weighted by Crippen LogP contribution is 2.30. The molecule has 19 heavy (non-hydrogen) atoms. The molecule has 1 fully saturated rings. The van der Waals surface area contributed by atoms with Crippen LogP contribution in [-0.4, -0.2) is 29.3 Å². The summed E-state index contributed by atoms with van der Waals surface area (Å²) in [5.41, 5.74) is 6.42. The standard InChI is InChI=1S/C13H17BrN2O2S/c1-7-5-10(19-11(7)14)13(18)16-6-9(12(15)17)4-3-8(16)2/h5,8-9H,3-4,6H2,1-2H3,(H2,15,17). The highest BCUT2D eigenvalue weighted by atomic mass is 79.9. The molecule has 0 radical (unpaired) electrons. The number of likely N-dealkylation sites (tertiary alicyclic amines) is 1. The number of carbonyl (C=O) groups excluding carboxylic acids is 2. The first-order chi connectivity index (χ1) is 8.90. The second-order valence-electron chi connectivity index (χ2n) is 5.05. The fraction of sp³-hybridized carbons (Fsp3) is 0.538. The van der Waals surface area contributed by atoms with Gasteiger partial charge in [-0.05, 0) is 54.2 Å². The van der Waals surface area contributed by atoms with Crippen LogP contribution in [0.1, 0.15) is 35.0 Å². The van der Waals surface area contributed by atoms with E-state index in [0.29, 0.717) is 11.4 Å². The number of aryl methyl sites for hydroxylation is 1. The van der Waals surface area contributed by atoms with Crippen molar-refractivity contribution in [2.45, 2.75) is 32.7 Å². The number of nitrogens with two attached hydrogens (primary N) is 1. The Kier molecular flexibility index (Phi) is 4.30. The van der Waals surface area contributed by atoms with Crippen molar-refractivity contribution in [1.82, 2.24) is 4.90 Å². The average Bonchev–Trinajstić information content (AvgIpc) is 2.69. The van der Waals surface area contributed by atoms with Crippen molar-refractivity contribution in [2.24, 2.45) is 11.7 Å². The maximum atomic E-state index is 12.5. The number of carbonyl (C=O) groups is 2. The Bertz CT molecular complexity index is 495. The highest BCUT2D eigenvalue weighted by molar-refractivity contribution is 9.11. The molecule has 2 rings (SSSR count). The smallest absolute Gasteiger partial charge is 0.264 e. The lowest BCUT2D eigenvalue weighted by Gasteiger charge is -2.36. The fourth-order valence-corrected chi connectivity index (χ4v) is 3.82. The van der Waals surface area contributed by atoms with E-state index in [1.54, 1.807) is 4.90 Å². The molecule has 1 aliphatic rings. The molecule has 1 aromatic rings. The number of hydrogen-bond donors (Lipinski definition) is 1. The summed E-state index contributed by atoms with van der Waals surface area (Å²) < 4.78 is 0.979. The van der Waals surface area contributed by atoms with Gasteiger partial charge in [-0.1, -0.05) is 0 Å². The lowest BCUT2D eigenvalue weighted by Crippen LogP contribution is -2.48. The number of hydrogen-bond acceptors (Lipinski definition) is 3. The van der Waals surface area contributed by atoms with E-state index in [9.17, 15) is 9.59 Å². The molecule has 1 aliphatic heterocycles. The molecule has 1 saturated heterocycles. The summed E-state index contributed by atoms with van der Waals surface area (Å²) in [6.07, 6.45) is 1.60. The fourth-order valence-electron chi connectivity index (χ4n) is 2.33. The van der Waals surface area contributed by atoms with Gasteiger partial charge in [-0.3, -0.25) is 9.59 Å². The summed E-state index contributed by atoms with van der Waals surface area (Å²) in [7, 11) is 0. The molecule has 2 amide bonds. The third-order valence-corrected chi connectivity index (χ3v) is 5.74. The van der Waals surface area contributed by atoms with Gasteiger partial charge < -0.3 is 10.6 Å². The van der Waals surface area contributed by atoms with Gasteiger partial charge in [-0.2, -0.15) is 0 Å². The average molecular weight is 345 g/mol. The lowest BCUT2D eigenvalue weighted by atomic mass is 9.93. The van der Waals surface area contributed by atoms with Crippen LogP contribution in [0, 0.1) is 12.8 Å². The van der Waals surface area contributed by atoms with Gasteiger partial charge in [0.2, 0.25) is 5.91 Å². The molecule has 2 unspecified atom stereocenters. The summed E-state index contributed by atoms with van der Waals surface area (Å²) >= 11 is 4.87. The Labute approximate surface area is 125 Å². The minimum Gasteiger partial charge on any atom is -0.369 e. The maximum absolute atomic E-state index is 12.5. The predicted molar refractivity (Wildman–Crippen MR) is 79.2 cm³/mol. The van der Waals surface area contributed by atoms with Crippen LogP contribution in [0.25, 0.3) is 0 Å². The van der Waals surface area contributed by atoms with Gasteiger partial charge in [-0.25, -0.2) is 0 Å². The van der Waals surface area contributed by atoms with E-state index in [-0.39, 0.29) is 23.8 Å². The summed E-state index contributed by atoms with van der Waals surface area (Å²) in [5.74, 6) is -0.532. The van der Waals surface area contributed by atoms with Gasteiger partial charge in [0.15, 0.2) is 0 Å². The molecule has 0 aromatic carbocycles. The second kappa shape index (κ2) is 5.63. The van der Waals surface area contributed by atoms with Gasteiger partial charge in [0.25, 0.3) is 5.91 Å². The number of halogens is 1. The van der Waals surface area contributed by atoms with E-state index < -0.39 is 0 Å². The molecule has 0 saturated carbocycles. The van der Waals surface area contributed by atoms with E-state index in [4.69, 9.17) is 5.73 Å². The van der Waals surface area contributed by atoms with Crippen LogP contribution < -0.4 is 5.73 Å². The van der Waals surface area contributed by atoms with Gasteiger partial charge >= 0.3 is 0 Å². The number of piperidine rings is 1. The van der Waals surface area contributed by atoms with E-state index in [1.165, 1.54) is 11.3 Å². The Morgan fingerprint density at radius 3 is 2.68 bits per heavy atom. The molecule has 0 spiro atoms. The van der Waals surface area contributed by atoms with Gasteiger partial charge in [0.1, 0.15) is 0 Å². The quantitative estimate of drug-likeness (QED) is 0.895. The van der Waals surface area contributed by atoms with Crippen molar-refractivity contribution < 1.29 is 9.59 Å². The number of thiophene rings is 1. The number of primary amides is 1. The summed E-state index contributed by atoms with van der Waals surface area (Å²) in [6, 6.07) is 2.04. The Balaban J connectivity index is 2.19. The Morgan fingerprint density at radius 1 is 1.47 bits per heavy atom. The molecule has 6 heteroatoms. The van der Waals surface area contributed by atoms with Crippen molar-refractivity contribution in [3.05, 3.63) is 20.3 Å².